The normalized spacial score (nSPS) is 14.9. The standard InChI is InChI=1S/C19H15F5N2O2/c20-14-5-6-16(21)15(11-14)18(28)26-9-7-25(8-10-26)17(27)12-1-3-13(4-2-12)19(22,23)24/h1-6,11H,7-10H2. The van der Waals surface area contributed by atoms with Crippen LogP contribution in [-0.2, 0) is 6.18 Å². The molecule has 3 rings (SSSR count). The first-order valence-electron chi connectivity index (χ1n) is 8.37. The Labute approximate surface area is 157 Å². The average molecular weight is 398 g/mol. The van der Waals surface area contributed by atoms with Gasteiger partial charge in [-0.05, 0) is 42.5 Å². The van der Waals surface area contributed by atoms with Crippen LogP contribution in [0.2, 0.25) is 0 Å². The lowest BCUT2D eigenvalue weighted by Crippen LogP contribution is -2.50. The molecule has 2 aromatic carbocycles. The number of hydrogen-bond donors (Lipinski definition) is 0. The lowest BCUT2D eigenvalue weighted by Gasteiger charge is -2.35. The molecular formula is C19H15F5N2O2. The Hall–Kier alpha value is -2.97. The molecule has 0 N–H and O–H groups in total. The fourth-order valence-corrected chi connectivity index (χ4v) is 2.93. The zero-order valence-corrected chi connectivity index (χ0v) is 14.5. The van der Waals surface area contributed by atoms with Crippen LogP contribution in [0, 0.1) is 11.6 Å². The second kappa shape index (κ2) is 7.57. The average Bonchev–Trinajstić information content (AvgIpc) is 2.68. The first-order valence-corrected chi connectivity index (χ1v) is 8.37. The molecule has 1 aliphatic rings. The summed E-state index contributed by atoms with van der Waals surface area (Å²) in [5, 5.41) is 0. The van der Waals surface area contributed by atoms with E-state index < -0.39 is 35.2 Å². The molecule has 2 aromatic rings. The Morgan fingerprint density at radius 1 is 0.786 bits per heavy atom. The largest absolute Gasteiger partial charge is 0.416 e. The SMILES string of the molecule is O=C(c1ccc(C(F)(F)F)cc1)N1CCN(C(=O)c2cc(F)ccc2F)CC1. The maximum Gasteiger partial charge on any atom is 0.416 e. The van der Waals surface area contributed by atoms with E-state index in [0.717, 1.165) is 42.5 Å². The Bertz CT molecular complexity index is 888. The molecule has 1 fully saturated rings. The monoisotopic (exact) mass is 398 g/mol. The second-order valence-corrected chi connectivity index (χ2v) is 6.28. The summed E-state index contributed by atoms with van der Waals surface area (Å²) < 4.78 is 64.8. The predicted molar refractivity (Wildman–Crippen MR) is 89.6 cm³/mol. The molecule has 0 saturated carbocycles. The minimum atomic E-state index is -4.49. The van der Waals surface area contributed by atoms with E-state index in [1.165, 1.54) is 9.80 Å². The molecule has 148 valence electrons. The van der Waals surface area contributed by atoms with Crippen molar-refractivity contribution in [2.75, 3.05) is 26.2 Å². The summed E-state index contributed by atoms with van der Waals surface area (Å²) in [5.41, 5.74) is -1.14. The van der Waals surface area contributed by atoms with Gasteiger partial charge in [0, 0.05) is 31.7 Å². The van der Waals surface area contributed by atoms with Gasteiger partial charge in [0.05, 0.1) is 11.1 Å². The molecule has 4 nitrogen and oxygen atoms in total. The minimum absolute atomic E-state index is 0.0984. The molecule has 2 amide bonds. The van der Waals surface area contributed by atoms with Crippen LogP contribution >= 0.6 is 0 Å². The van der Waals surface area contributed by atoms with Crippen molar-refractivity contribution in [1.29, 1.82) is 0 Å². The number of hydrogen-bond acceptors (Lipinski definition) is 2. The van der Waals surface area contributed by atoms with Gasteiger partial charge in [-0.1, -0.05) is 0 Å². The number of carbonyl (C=O) groups excluding carboxylic acids is 2. The highest BCUT2D eigenvalue weighted by molar-refractivity contribution is 5.96. The van der Waals surface area contributed by atoms with Crippen LogP contribution in [0.25, 0.3) is 0 Å². The summed E-state index contributed by atoms with van der Waals surface area (Å²) >= 11 is 0. The maximum atomic E-state index is 13.8. The molecule has 0 unspecified atom stereocenters. The molecule has 1 aliphatic heterocycles. The number of halogens is 5. The smallest absolute Gasteiger partial charge is 0.335 e. The highest BCUT2D eigenvalue weighted by Gasteiger charge is 2.31. The number of amides is 2. The topological polar surface area (TPSA) is 40.6 Å². The van der Waals surface area contributed by atoms with Gasteiger partial charge in [-0.15, -0.1) is 0 Å². The number of piperazine rings is 1. The third-order valence-corrected chi connectivity index (χ3v) is 4.47. The summed E-state index contributed by atoms with van der Waals surface area (Å²) in [6.07, 6.45) is -4.49. The summed E-state index contributed by atoms with van der Waals surface area (Å²) in [6, 6.07) is 6.46. The van der Waals surface area contributed by atoms with Crippen molar-refractivity contribution in [2.24, 2.45) is 0 Å². The van der Waals surface area contributed by atoms with E-state index >= 15 is 0 Å². The van der Waals surface area contributed by atoms with Gasteiger partial charge in [0.25, 0.3) is 11.8 Å². The molecular weight excluding hydrogens is 383 g/mol. The van der Waals surface area contributed by atoms with Crippen LogP contribution in [0.3, 0.4) is 0 Å². The lowest BCUT2D eigenvalue weighted by molar-refractivity contribution is -0.137. The maximum absolute atomic E-state index is 13.8. The molecule has 0 bridgehead atoms. The van der Waals surface area contributed by atoms with Gasteiger partial charge < -0.3 is 9.80 Å². The van der Waals surface area contributed by atoms with E-state index in [4.69, 9.17) is 0 Å². The van der Waals surface area contributed by atoms with E-state index in [-0.39, 0.29) is 37.3 Å². The van der Waals surface area contributed by atoms with Crippen molar-refractivity contribution < 1.29 is 31.5 Å². The molecule has 9 heteroatoms. The van der Waals surface area contributed by atoms with Gasteiger partial charge in [-0.25, -0.2) is 8.78 Å². The van der Waals surface area contributed by atoms with Gasteiger partial charge in [-0.2, -0.15) is 13.2 Å². The Morgan fingerprint density at radius 2 is 1.32 bits per heavy atom. The quantitative estimate of drug-likeness (QED) is 0.726. The predicted octanol–water partition coefficient (Wildman–Crippen LogP) is 3.58. The zero-order valence-electron chi connectivity index (χ0n) is 14.5. The fraction of sp³-hybridized carbons (Fsp3) is 0.263. The highest BCUT2D eigenvalue weighted by atomic mass is 19.4. The summed E-state index contributed by atoms with van der Waals surface area (Å²) in [4.78, 5) is 27.5. The Balaban J connectivity index is 1.64. The van der Waals surface area contributed by atoms with E-state index in [2.05, 4.69) is 0 Å². The third-order valence-electron chi connectivity index (χ3n) is 4.47. The Morgan fingerprint density at radius 3 is 1.86 bits per heavy atom. The molecule has 1 heterocycles. The summed E-state index contributed by atoms with van der Waals surface area (Å²) in [7, 11) is 0. The van der Waals surface area contributed by atoms with Crippen molar-refractivity contribution in [2.45, 2.75) is 6.18 Å². The highest BCUT2D eigenvalue weighted by Crippen LogP contribution is 2.29. The van der Waals surface area contributed by atoms with Crippen molar-refractivity contribution in [3.8, 4) is 0 Å². The summed E-state index contributed by atoms with van der Waals surface area (Å²) in [5.74, 6) is -2.72. The van der Waals surface area contributed by atoms with Crippen LogP contribution in [-0.4, -0.2) is 47.8 Å². The van der Waals surface area contributed by atoms with Crippen LogP contribution < -0.4 is 0 Å². The fourth-order valence-electron chi connectivity index (χ4n) is 2.93. The van der Waals surface area contributed by atoms with Crippen molar-refractivity contribution >= 4 is 11.8 Å². The van der Waals surface area contributed by atoms with Crippen LogP contribution in [0.15, 0.2) is 42.5 Å². The molecule has 28 heavy (non-hydrogen) atoms. The van der Waals surface area contributed by atoms with E-state index in [1.807, 2.05) is 0 Å². The zero-order chi connectivity index (χ0) is 20.5. The first kappa shape index (κ1) is 19.8. The van der Waals surface area contributed by atoms with Crippen molar-refractivity contribution in [3.63, 3.8) is 0 Å². The molecule has 0 atom stereocenters. The number of carbonyl (C=O) groups is 2. The number of nitrogens with zero attached hydrogens (tertiary/aromatic N) is 2. The second-order valence-electron chi connectivity index (χ2n) is 6.28. The number of rotatable bonds is 2. The number of benzene rings is 2. The van der Waals surface area contributed by atoms with E-state index in [0.29, 0.717) is 0 Å². The van der Waals surface area contributed by atoms with Gasteiger partial charge in [-0.3, -0.25) is 9.59 Å². The van der Waals surface area contributed by atoms with E-state index in [1.54, 1.807) is 0 Å². The molecule has 1 saturated heterocycles. The number of alkyl halides is 3. The van der Waals surface area contributed by atoms with Gasteiger partial charge >= 0.3 is 6.18 Å². The molecule has 0 aliphatic carbocycles. The lowest BCUT2D eigenvalue weighted by atomic mass is 10.1. The minimum Gasteiger partial charge on any atom is -0.335 e. The molecule has 0 spiro atoms. The van der Waals surface area contributed by atoms with Crippen molar-refractivity contribution in [1.82, 2.24) is 9.80 Å². The Kier molecular flexibility index (Phi) is 5.35. The van der Waals surface area contributed by atoms with Crippen LogP contribution in [0.1, 0.15) is 26.3 Å². The first-order chi connectivity index (χ1) is 13.2. The van der Waals surface area contributed by atoms with Crippen LogP contribution in [0.4, 0.5) is 22.0 Å². The van der Waals surface area contributed by atoms with Gasteiger partial charge in [0.1, 0.15) is 11.6 Å². The summed E-state index contributed by atoms with van der Waals surface area (Å²) in [6.45, 7) is 0.452. The third kappa shape index (κ3) is 4.13. The van der Waals surface area contributed by atoms with Crippen LogP contribution in [0.5, 0.6) is 0 Å². The molecule has 0 radical (unpaired) electrons. The van der Waals surface area contributed by atoms with Crippen molar-refractivity contribution in [3.05, 3.63) is 70.8 Å². The van der Waals surface area contributed by atoms with Gasteiger partial charge in [0.15, 0.2) is 0 Å². The van der Waals surface area contributed by atoms with Gasteiger partial charge in [0.2, 0.25) is 0 Å². The molecule has 0 aromatic heterocycles. The van der Waals surface area contributed by atoms with E-state index in [9.17, 15) is 31.5 Å².